The van der Waals surface area contributed by atoms with Crippen LogP contribution in [0.25, 0.3) is 0 Å². The van der Waals surface area contributed by atoms with E-state index in [1.807, 2.05) is 31.2 Å². The van der Waals surface area contributed by atoms with E-state index in [1.54, 1.807) is 23.1 Å². The SMILES string of the molecule is CCN1C(=O)C(=Nc2cc(Cl)cc(Cl)c2)c2ccccc21. The van der Waals surface area contributed by atoms with Gasteiger partial charge in [0.05, 0.1) is 11.4 Å². The molecule has 0 aromatic heterocycles. The maximum atomic E-state index is 12.5. The second-order valence-electron chi connectivity index (χ2n) is 4.65. The van der Waals surface area contributed by atoms with Crippen LogP contribution in [0.2, 0.25) is 10.0 Å². The first-order chi connectivity index (χ1) is 10.1. The number of halogens is 2. The highest BCUT2D eigenvalue weighted by atomic mass is 35.5. The summed E-state index contributed by atoms with van der Waals surface area (Å²) in [4.78, 5) is 18.7. The summed E-state index contributed by atoms with van der Waals surface area (Å²) in [6.45, 7) is 2.54. The maximum absolute atomic E-state index is 12.5. The number of para-hydroxylation sites is 1. The minimum atomic E-state index is -0.102. The Morgan fingerprint density at radius 1 is 1.10 bits per heavy atom. The molecule has 2 aromatic carbocycles. The number of likely N-dealkylation sites (N-methyl/N-ethyl adjacent to an activating group) is 1. The minimum absolute atomic E-state index is 0.102. The Morgan fingerprint density at radius 2 is 1.76 bits per heavy atom. The molecule has 1 aliphatic rings. The fourth-order valence-corrected chi connectivity index (χ4v) is 2.93. The molecule has 0 aliphatic carbocycles. The van der Waals surface area contributed by atoms with E-state index in [9.17, 15) is 4.79 Å². The van der Waals surface area contributed by atoms with Crippen LogP contribution in [0.15, 0.2) is 47.5 Å². The molecular formula is C16H12Cl2N2O. The summed E-state index contributed by atoms with van der Waals surface area (Å²) in [6, 6.07) is 12.6. The molecule has 0 saturated heterocycles. The lowest BCUT2D eigenvalue weighted by molar-refractivity contribution is -0.112. The highest BCUT2D eigenvalue weighted by Gasteiger charge is 2.32. The van der Waals surface area contributed by atoms with Crippen molar-refractivity contribution in [3.05, 3.63) is 58.1 Å². The minimum Gasteiger partial charge on any atom is -0.307 e. The van der Waals surface area contributed by atoms with Crippen LogP contribution in [-0.2, 0) is 4.79 Å². The van der Waals surface area contributed by atoms with Gasteiger partial charge in [-0.15, -0.1) is 0 Å². The molecule has 0 unspecified atom stereocenters. The van der Waals surface area contributed by atoms with Gasteiger partial charge in [0.2, 0.25) is 0 Å². The zero-order valence-corrected chi connectivity index (χ0v) is 12.8. The van der Waals surface area contributed by atoms with Gasteiger partial charge in [-0.25, -0.2) is 4.99 Å². The quantitative estimate of drug-likeness (QED) is 0.803. The number of benzene rings is 2. The van der Waals surface area contributed by atoms with Gasteiger partial charge in [-0.2, -0.15) is 0 Å². The van der Waals surface area contributed by atoms with Crippen molar-refractivity contribution in [1.82, 2.24) is 0 Å². The van der Waals surface area contributed by atoms with Crippen molar-refractivity contribution in [2.75, 3.05) is 11.4 Å². The van der Waals surface area contributed by atoms with Crippen LogP contribution in [0.3, 0.4) is 0 Å². The average Bonchev–Trinajstić information content (AvgIpc) is 2.70. The zero-order valence-electron chi connectivity index (χ0n) is 11.3. The van der Waals surface area contributed by atoms with E-state index < -0.39 is 0 Å². The summed E-state index contributed by atoms with van der Waals surface area (Å²) in [5.74, 6) is -0.102. The van der Waals surface area contributed by atoms with Gasteiger partial charge in [0.25, 0.3) is 5.91 Å². The molecule has 1 aliphatic heterocycles. The van der Waals surface area contributed by atoms with Gasteiger partial charge in [0.15, 0.2) is 0 Å². The number of carbonyl (C=O) groups is 1. The van der Waals surface area contributed by atoms with E-state index in [1.165, 1.54) is 0 Å². The van der Waals surface area contributed by atoms with Crippen LogP contribution in [0.5, 0.6) is 0 Å². The molecule has 106 valence electrons. The fraction of sp³-hybridized carbons (Fsp3) is 0.125. The topological polar surface area (TPSA) is 32.7 Å². The van der Waals surface area contributed by atoms with Crippen LogP contribution in [0, 0.1) is 0 Å². The first-order valence-electron chi connectivity index (χ1n) is 6.56. The second-order valence-corrected chi connectivity index (χ2v) is 5.53. The number of rotatable bonds is 2. The van der Waals surface area contributed by atoms with E-state index >= 15 is 0 Å². The summed E-state index contributed by atoms with van der Waals surface area (Å²) in [5, 5.41) is 0.987. The Hall–Kier alpha value is -1.84. The predicted octanol–water partition coefficient (Wildman–Crippen LogP) is 4.48. The molecule has 2 aromatic rings. The average molecular weight is 319 g/mol. The molecule has 0 saturated carbocycles. The second kappa shape index (κ2) is 5.51. The van der Waals surface area contributed by atoms with Gasteiger partial charge in [-0.1, -0.05) is 41.4 Å². The molecule has 0 atom stereocenters. The Kier molecular flexibility index (Phi) is 3.70. The third kappa shape index (κ3) is 2.55. The smallest absolute Gasteiger partial charge is 0.277 e. The molecule has 3 nitrogen and oxygen atoms in total. The summed E-state index contributed by atoms with van der Waals surface area (Å²) in [6.07, 6.45) is 0. The van der Waals surface area contributed by atoms with Crippen molar-refractivity contribution < 1.29 is 4.79 Å². The number of hydrogen-bond acceptors (Lipinski definition) is 2. The number of hydrogen-bond donors (Lipinski definition) is 0. The van der Waals surface area contributed by atoms with Crippen LogP contribution >= 0.6 is 23.2 Å². The van der Waals surface area contributed by atoms with E-state index in [2.05, 4.69) is 4.99 Å². The Labute approximate surface area is 132 Å². The standard InChI is InChI=1S/C16H12Cl2N2O/c1-2-20-14-6-4-3-5-13(14)15(16(20)21)19-12-8-10(17)7-11(18)9-12/h3-9H,2H2,1H3. The molecule has 0 fully saturated rings. The fourth-order valence-electron chi connectivity index (χ4n) is 2.42. The van der Waals surface area contributed by atoms with Crippen molar-refractivity contribution in [1.29, 1.82) is 0 Å². The molecule has 3 rings (SSSR count). The van der Waals surface area contributed by atoms with Crippen LogP contribution < -0.4 is 4.90 Å². The Balaban J connectivity index is 2.14. The highest BCUT2D eigenvalue weighted by Crippen LogP contribution is 2.31. The van der Waals surface area contributed by atoms with Gasteiger partial charge < -0.3 is 4.90 Å². The molecule has 1 heterocycles. The lowest BCUT2D eigenvalue weighted by Gasteiger charge is -2.12. The zero-order chi connectivity index (χ0) is 15.0. The van der Waals surface area contributed by atoms with Crippen molar-refractivity contribution >= 4 is 46.2 Å². The molecule has 0 radical (unpaired) electrons. The van der Waals surface area contributed by atoms with Gasteiger partial charge in [-0.3, -0.25) is 4.79 Å². The molecule has 0 bridgehead atoms. The van der Waals surface area contributed by atoms with Crippen molar-refractivity contribution in [3.8, 4) is 0 Å². The first-order valence-corrected chi connectivity index (χ1v) is 7.32. The lowest BCUT2D eigenvalue weighted by Crippen LogP contribution is -2.29. The third-order valence-corrected chi connectivity index (χ3v) is 3.74. The van der Waals surface area contributed by atoms with Gasteiger partial charge >= 0.3 is 0 Å². The molecule has 21 heavy (non-hydrogen) atoms. The Morgan fingerprint density at radius 3 is 2.43 bits per heavy atom. The van der Waals surface area contributed by atoms with Crippen molar-refractivity contribution in [3.63, 3.8) is 0 Å². The molecule has 1 amide bonds. The number of carbonyl (C=O) groups excluding carboxylic acids is 1. The third-order valence-electron chi connectivity index (χ3n) is 3.30. The number of aliphatic imine (C=N–C) groups is 1. The largest absolute Gasteiger partial charge is 0.307 e. The van der Waals surface area contributed by atoms with E-state index in [0.717, 1.165) is 11.3 Å². The van der Waals surface area contributed by atoms with Gasteiger partial charge in [0.1, 0.15) is 5.71 Å². The van der Waals surface area contributed by atoms with Crippen LogP contribution in [0.4, 0.5) is 11.4 Å². The summed E-state index contributed by atoms with van der Waals surface area (Å²) in [7, 11) is 0. The first kappa shape index (κ1) is 14.1. The highest BCUT2D eigenvalue weighted by molar-refractivity contribution is 6.54. The monoisotopic (exact) mass is 318 g/mol. The van der Waals surface area contributed by atoms with Crippen LogP contribution in [-0.4, -0.2) is 18.2 Å². The Bertz CT molecular complexity index is 735. The van der Waals surface area contributed by atoms with Crippen molar-refractivity contribution in [2.45, 2.75) is 6.92 Å². The van der Waals surface area contributed by atoms with E-state index in [0.29, 0.717) is 28.0 Å². The number of fused-ring (bicyclic) bond motifs is 1. The predicted molar refractivity (Wildman–Crippen MR) is 87.1 cm³/mol. The summed E-state index contributed by atoms with van der Waals surface area (Å²) >= 11 is 12.0. The molecule has 0 N–H and O–H groups in total. The number of anilines is 1. The lowest BCUT2D eigenvalue weighted by atomic mass is 10.1. The van der Waals surface area contributed by atoms with Gasteiger partial charge in [0, 0.05) is 22.2 Å². The molecular weight excluding hydrogens is 307 g/mol. The molecule has 5 heteroatoms. The summed E-state index contributed by atoms with van der Waals surface area (Å²) in [5.41, 5.74) is 2.71. The summed E-state index contributed by atoms with van der Waals surface area (Å²) < 4.78 is 0. The van der Waals surface area contributed by atoms with Gasteiger partial charge in [-0.05, 0) is 31.2 Å². The van der Waals surface area contributed by atoms with Crippen molar-refractivity contribution in [2.24, 2.45) is 4.99 Å². The maximum Gasteiger partial charge on any atom is 0.277 e. The van der Waals surface area contributed by atoms with E-state index in [4.69, 9.17) is 23.2 Å². The molecule has 0 spiro atoms. The van der Waals surface area contributed by atoms with E-state index in [-0.39, 0.29) is 5.91 Å². The van der Waals surface area contributed by atoms with Crippen LogP contribution in [0.1, 0.15) is 12.5 Å². The normalized spacial score (nSPS) is 15.7. The number of amides is 1. The number of nitrogens with zero attached hydrogens (tertiary/aromatic N) is 2.